The Hall–Kier alpha value is -5.09. The minimum absolute atomic E-state index is 0.0588. The maximum Gasteiger partial charge on any atom is 0.416 e. The molecule has 3 amide bonds. The summed E-state index contributed by atoms with van der Waals surface area (Å²) in [5, 5.41) is 1.96. The molecule has 0 bridgehead atoms. The smallest absolute Gasteiger partial charge is 0.416 e. The molecule has 16 heteroatoms. The van der Waals surface area contributed by atoms with Crippen LogP contribution in [0.3, 0.4) is 0 Å². The van der Waals surface area contributed by atoms with E-state index < -0.39 is 59.1 Å². The molecular formula is C33H26F3N3O8S2. The van der Waals surface area contributed by atoms with Gasteiger partial charge in [0.05, 0.1) is 41.5 Å². The maximum atomic E-state index is 14.1. The normalized spacial score (nSPS) is 18.5. The zero-order valence-electron chi connectivity index (χ0n) is 25.7. The maximum absolute atomic E-state index is 14.1. The molecule has 3 aromatic carbocycles. The lowest BCUT2D eigenvalue weighted by Gasteiger charge is -2.30. The van der Waals surface area contributed by atoms with Crippen LogP contribution in [0.1, 0.15) is 39.2 Å². The molecule has 49 heavy (non-hydrogen) atoms. The van der Waals surface area contributed by atoms with Crippen LogP contribution in [0.5, 0.6) is 11.5 Å². The largest absolute Gasteiger partial charge is 0.493 e. The molecular weight excluding hydrogens is 688 g/mol. The van der Waals surface area contributed by atoms with Crippen LogP contribution in [0.15, 0.2) is 76.6 Å². The second kappa shape index (κ2) is 13.4. The molecule has 1 fully saturated rings. The first kappa shape index (κ1) is 33.8. The summed E-state index contributed by atoms with van der Waals surface area (Å²) in [4.78, 5) is 69.0. The molecule has 0 unspecified atom stereocenters. The van der Waals surface area contributed by atoms with E-state index in [0.717, 1.165) is 40.1 Å². The number of alkyl halides is 3. The number of methoxy groups -OCH3 is 1. The quantitative estimate of drug-likeness (QED) is 0.171. The number of aromatic amines is 1. The Balaban J connectivity index is 1.25. The van der Waals surface area contributed by atoms with Crippen LogP contribution >= 0.6 is 23.1 Å². The number of halogens is 3. The molecule has 3 atom stereocenters. The van der Waals surface area contributed by atoms with Crippen molar-refractivity contribution in [3.8, 4) is 11.5 Å². The molecule has 0 aliphatic carbocycles. The molecule has 2 aliphatic heterocycles. The van der Waals surface area contributed by atoms with E-state index in [9.17, 15) is 37.1 Å². The average Bonchev–Trinajstić information content (AvgIpc) is 3.57. The zero-order valence-corrected chi connectivity index (χ0v) is 27.3. The molecule has 3 heterocycles. The third kappa shape index (κ3) is 6.65. The number of H-pyrrole nitrogens is 1. The number of benzene rings is 3. The van der Waals surface area contributed by atoms with Gasteiger partial charge in [-0.2, -0.15) is 13.2 Å². The number of esters is 1. The Labute approximate surface area is 284 Å². The van der Waals surface area contributed by atoms with Crippen molar-refractivity contribution in [2.75, 3.05) is 30.5 Å². The summed E-state index contributed by atoms with van der Waals surface area (Å²) in [6.45, 7) is 1.31. The van der Waals surface area contributed by atoms with Crippen molar-refractivity contribution in [3.05, 3.63) is 98.0 Å². The third-order valence-corrected chi connectivity index (χ3v) is 10.2. The predicted molar refractivity (Wildman–Crippen MR) is 173 cm³/mol. The number of hydrogen-bond acceptors (Lipinski definition) is 10. The van der Waals surface area contributed by atoms with Crippen molar-refractivity contribution in [1.82, 2.24) is 4.98 Å². The lowest BCUT2D eigenvalue weighted by Crippen LogP contribution is -2.32. The van der Waals surface area contributed by atoms with Crippen molar-refractivity contribution < 1.29 is 46.6 Å². The molecule has 0 saturated carbocycles. The van der Waals surface area contributed by atoms with E-state index in [0.29, 0.717) is 15.5 Å². The fourth-order valence-electron chi connectivity index (χ4n) is 5.70. The van der Waals surface area contributed by atoms with Crippen LogP contribution in [0.25, 0.3) is 0 Å². The van der Waals surface area contributed by atoms with Crippen molar-refractivity contribution >= 4 is 58.2 Å². The van der Waals surface area contributed by atoms with E-state index in [-0.39, 0.29) is 39.9 Å². The number of thiazole rings is 1. The molecule has 11 nitrogen and oxygen atoms in total. The van der Waals surface area contributed by atoms with Crippen LogP contribution in [0, 0.1) is 5.92 Å². The summed E-state index contributed by atoms with van der Waals surface area (Å²) in [6, 6.07) is 14.8. The highest BCUT2D eigenvalue weighted by molar-refractivity contribution is 8.00. The van der Waals surface area contributed by atoms with Crippen LogP contribution in [-0.2, 0) is 25.3 Å². The van der Waals surface area contributed by atoms with E-state index in [1.54, 1.807) is 19.1 Å². The number of nitrogens with zero attached hydrogens (tertiary/aromatic N) is 1. The standard InChI is InChI=1S/C33H26F3N3O8S2/c1-3-46-31(43)16-7-10-20(11-8-16)39-29(41)25-24(26-28(38-32(44)49-26)48-27(25)30(39)42)17-9-12-21(22(13-17)45-2)47-15-23(40)37-19-6-4-5-18(14-19)33(34,35)36/h4-14,24-25,27H,3,15H2,1-2H3,(H,37,40)(H,38,44)/t24-,25-,27+/m0/s1. The monoisotopic (exact) mass is 713 g/mol. The highest BCUT2D eigenvalue weighted by atomic mass is 32.2. The Bertz CT molecular complexity index is 2010. The molecule has 1 aromatic heterocycles. The number of nitrogens with one attached hydrogen (secondary N) is 2. The SMILES string of the molecule is CCOC(=O)c1ccc(N2C(=O)[C@H]3[C@H](c4ccc(OCC(=O)Nc5cccc(C(F)(F)F)c5)c(OC)c4)c4sc(=O)[nH]c4S[C@H]3C2=O)cc1. The first-order chi connectivity index (χ1) is 23.4. The molecule has 254 valence electrons. The van der Waals surface area contributed by atoms with Crippen LogP contribution in [0.2, 0.25) is 0 Å². The fraction of sp³-hybridized carbons (Fsp3) is 0.242. The third-order valence-electron chi connectivity index (χ3n) is 7.84. The number of thioether (sulfide) groups is 1. The van der Waals surface area contributed by atoms with E-state index in [1.165, 1.54) is 49.6 Å². The molecule has 4 aromatic rings. The first-order valence-electron chi connectivity index (χ1n) is 14.7. The predicted octanol–water partition coefficient (Wildman–Crippen LogP) is 5.45. The van der Waals surface area contributed by atoms with Gasteiger partial charge in [-0.05, 0) is 67.1 Å². The van der Waals surface area contributed by atoms with Gasteiger partial charge in [-0.25, -0.2) is 9.69 Å². The van der Waals surface area contributed by atoms with Gasteiger partial charge in [0.2, 0.25) is 11.8 Å². The Morgan fingerprint density at radius 3 is 2.43 bits per heavy atom. The molecule has 6 rings (SSSR count). The molecule has 0 radical (unpaired) electrons. The van der Waals surface area contributed by atoms with Gasteiger partial charge >= 0.3 is 17.0 Å². The van der Waals surface area contributed by atoms with Gasteiger partial charge in [0.1, 0.15) is 5.25 Å². The Kier molecular flexibility index (Phi) is 9.26. The van der Waals surface area contributed by atoms with Gasteiger partial charge in [0.25, 0.3) is 5.91 Å². The van der Waals surface area contributed by atoms with E-state index in [1.807, 2.05) is 0 Å². The Morgan fingerprint density at radius 2 is 1.73 bits per heavy atom. The number of anilines is 2. The second-order valence-corrected chi connectivity index (χ2v) is 13.0. The van der Waals surface area contributed by atoms with Gasteiger partial charge in [-0.3, -0.25) is 19.2 Å². The lowest BCUT2D eigenvalue weighted by molar-refractivity contribution is -0.137. The first-order valence-corrected chi connectivity index (χ1v) is 16.4. The van der Waals surface area contributed by atoms with Crippen molar-refractivity contribution in [1.29, 1.82) is 0 Å². The van der Waals surface area contributed by atoms with Gasteiger partial charge in [0, 0.05) is 16.5 Å². The molecule has 0 spiro atoms. The van der Waals surface area contributed by atoms with Crippen molar-refractivity contribution in [3.63, 3.8) is 0 Å². The minimum Gasteiger partial charge on any atom is -0.493 e. The van der Waals surface area contributed by atoms with Crippen molar-refractivity contribution in [2.24, 2.45) is 5.92 Å². The van der Waals surface area contributed by atoms with Gasteiger partial charge in [0.15, 0.2) is 18.1 Å². The minimum atomic E-state index is -4.58. The summed E-state index contributed by atoms with van der Waals surface area (Å²) in [5.74, 6) is -3.57. The van der Waals surface area contributed by atoms with E-state index in [2.05, 4.69) is 10.3 Å². The van der Waals surface area contributed by atoms with E-state index in [4.69, 9.17) is 14.2 Å². The number of hydrogen-bond donors (Lipinski definition) is 2. The molecule has 1 saturated heterocycles. The lowest BCUT2D eigenvalue weighted by atomic mass is 9.83. The van der Waals surface area contributed by atoms with Crippen molar-refractivity contribution in [2.45, 2.75) is 29.3 Å². The number of amides is 3. The highest BCUT2D eigenvalue weighted by Gasteiger charge is 2.56. The van der Waals surface area contributed by atoms with Crippen LogP contribution in [0.4, 0.5) is 24.5 Å². The number of aromatic nitrogens is 1. The number of carbonyl (C=O) groups excluding carboxylic acids is 4. The topological polar surface area (TPSA) is 144 Å². The Morgan fingerprint density at radius 1 is 0.980 bits per heavy atom. The number of fused-ring (bicyclic) bond motifs is 2. The van der Waals surface area contributed by atoms with Crippen LogP contribution in [-0.4, -0.2) is 54.2 Å². The number of rotatable bonds is 9. The molecule has 2 aliphatic rings. The summed E-state index contributed by atoms with van der Waals surface area (Å²) in [6.07, 6.45) is -4.58. The summed E-state index contributed by atoms with van der Waals surface area (Å²) >= 11 is 2.03. The second-order valence-electron chi connectivity index (χ2n) is 10.9. The summed E-state index contributed by atoms with van der Waals surface area (Å²) < 4.78 is 55.3. The fourth-order valence-corrected chi connectivity index (χ4v) is 8.22. The number of carbonyl (C=O) groups is 4. The van der Waals surface area contributed by atoms with Gasteiger partial charge in [-0.15, -0.1) is 0 Å². The van der Waals surface area contributed by atoms with Crippen LogP contribution < -0.4 is 24.6 Å². The average molecular weight is 714 g/mol. The molecule has 2 N–H and O–H groups in total. The summed E-state index contributed by atoms with van der Waals surface area (Å²) in [5.41, 5.74) is 0.0940. The van der Waals surface area contributed by atoms with E-state index >= 15 is 0 Å². The number of ether oxygens (including phenoxy) is 3. The van der Waals surface area contributed by atoms with Gasteiger partial charge in [-0.1, -0.05) is 35.2 Å². The summed E-state index contributed by atoms with van der Waals surface area (Å²) in [7, 11) is 1.36. The number of imide groups is 1. The van der Waals surface area contributed by atoms with Gasteiger partial charge < -0.3 is 24.5 Å². The highest BCUT2D eigenvalue weighted by Crippen LogP contribution is 2.53. The zero-order chi connectivity index (χ0) is 35.0.